The molecule has 1 unspecified atom stereocenters. The van der Waals surface area contributed by atoms with E-state index in [4.69, 9.17) is 9.84 Å². The molecule has 0 radical (unpaired) electrons. The van der Waals surface area contributed by atoms with Crippen LogP contribution in [0.25, 0.3) is 0 Å². The molecular formula is C10H13BrN2O4S. The number of ether oxygens (including phenoxy) is 1. The lowest BCUT2D eigenvalue weighted by atomic mass is 10.3. The number of carbonyl (C=O) groups excluding carboxylic acids is 1. The number of aliphatic carboxylic acids is 1. The van der Waals surface area contributed by atoms with Crippen molar-refractivity contribution in [3.63, 3.8) is 0 Å². The maximum absolute atomic E-state index is 11.5. The molecule has 1 rings (SSSR count). The Morgan fingerprint density at radius 2 is 2.33 bits per heavy atom. The van der Waals surface area contributed by atoms with Crippen molar-refractivity contribution in [1.29, 1.82) is 0 Å². The van der Waals surface area contributed by atoms with Crippen LogP contribution in [0.3, 0.4) is 0 Å². The van der Waals surface area contributed by atoms with Crippen LogP contribution in [0.2, 0.25) is 0 Å². The van der Waals surface area contributed by atoms with Crippen LogP contribution in [0.15, 0.2) is 15.9 Å². The van der Waals surface area contributed by atoms with Crippen LogP contribution in [0, 0.1) is 0 Å². The number of carboxylic acid groups (broad SMARTS) is 1. The summed E-state index contributed by atoms with van der Waals surface area (Å²) >= 11 is 4.80. The van der Waals surface area contributed by atoms with Gasteiger partial charge < -0.3 is 20.5 Å². The predicted octanol–water partition coefficient (Wildman–Crippen LogP) is 1.41. The molecule has 3 N–H and O–H groups in total. The second kappa shape index (κ2) is 7.34. The normalized spacial score (nSPS) is 11.9. The first kappa shape index (κ1) is 14.9. The number of nitrogens with one attached hydrogen (secondary N) is 2. The average Bonchev–Trinajstić information content (AvgIpc) is 2.72. The number of carboxylic acids is 1. The van der Waals surface area contributed by atoms with E-state index in [1.165, 1.54) is 18.4 Å². The number of rotatable bonds is 6. The smallest absolute Gasteiger partial charge is 0.328 e. The number of thiophene rings is 1. The number of hydrogen-bond acceptors (Lipinski definition) is 4. The molecule has 0 spiro atoms. The summed E-state index contributed by atoms with van der Waals surface area (Å²) in [6, 6.07) is 0.295. The average molecular weight is 337 g/mol. The zero-order chi connectivity index (χ0) is 13.5. The molecule has 18 heavy (non-hydrogen) atoms. The van der Waals surface area contributed by atoms with Gasteiger partial charge in [-0.1, -0.05) is 0 Å². The number of hydrogen-bond donors (Lipinski definition) is 3. The van der Waals surface area contributed by atoms with Crippen molar-refractivity contribution in [3.8, 4) is 0 Å². The Morgan fingerprint density at radius 1 is 1.61 bits per heavy atom. The topological polar surface area (TPSA) is 87.7 Å². The second-order valence-electron chi connectivity index (χ2n) is 3.40. The van der Waals surface area contributed by atoms with Crippen LogP contribution in [-0.2, 0) is 16.1 Å². The van der Waals surface area contributed by atoms with Crippen molar-refractivity contribution in [2.45, 2.75) is 12.6 Å². The molecule has 0 aromatic carbocycles. The summed E-state index contributed by atoms with van der Waals surface area (Å²) in [5, 5.41) is 15.6. The predicted molar refractivity (Wildman–Crippen MR) is 70.7 cm³/mol. The molecule has 0 aliphatic heterocycles. The summed E-state index contributed by atoms with van der Waals surface area (Å²) in [4.78, 5) is 23.2. The van der Waals surface area contributed by atoms with E-state index in [1.807, 2.05) is 11.4 Å². The Kier molecular flexibility index (Phi) is 6.10. The van der Waals surface area contributed by atoms with Crippen LogP contribution in [0.5, 0.6) is 0 Å². The van der Waals surface area contributed by atoms with E-state index in [-0.39, 0.29) is 6.61 Å². The Morgan fingerprint density at radius 3 is 2.83 bits per heavy atom. The Balaban J connectivity index is 2.38. The molecule has 100 valence electrons. The van der Waals surface area contributed by atoms with Crippen LogP contribution in [0.1, 0.15) is 4.88 Å². The summed E-state index contributed by atoms with van der Waals surface area (Å²) in [6.07, 6.45) is 0. The minimum absolute atomic E-state index is 0.0761. The minimum atomic E-state index is -1.13. The molecule has 1 atom stereocenters. The molecule has 2 amide bonds. The highest BCUT2D eigenvalue weighted by Crippen LogP contribution is 2.19. The van der Waals surface area contributed by atoms with Gasteiger partial charge in [-0.2, -0.15) is 0 Å². The molecule has 0 saturated heterocycles. The summed E-state index contributed by atoms with van der Waals surface area (Å²) in [7, 11) is 1.37. The van der Waals surface area contributed by atoms with Gasteiger partial charge in [0.25, 0.3) is 0 Å². The maximum Gasteiger partial charge on any atom is 0.328 e. The molecule has 6 nitrogen and oxygen atoms in total. The molecule has 1 aromatic heterocycles. The molecule has 0 fully saturated rings. The molecule has 0 aliphatic rings. The Hall–Kier alpha value is -1.12. The van der Waals surface area contributed by atoms with E-state index in [1.54, 1.807) is 0 Å². The first-order valence-corrected chi connectivity index (χ1v) is 6.69. The van der Waals surface area contributed by atoms with Gasteiger partial charge in [0.2, 0.25) is 0 Å². The quantitative estimate of drug-likeness (QED) is 0.732. The number of halogens is 1. The minimum Gasteiger partial charge on any atom is -0.480 e. The van der Waals surface area contributed by atoms with Crippen molar-refractivity contribution in [2.24, 2.45) is 0 Å². The van der Waals surface area contributed by atoms with Gasteiger partial charge in [0, 0.05) is 21.8 Å². The van der Waals surface area contributed by atoms with Gasteiger partial charge in [-0.15, -0.1) is 11.3 Å². The fraction of sp³-hybridized carbons (Fsp3) is 0.400. The fourth-order valence-electron chi connectivity index (χ4n) is 1.16. The van der Waals surface area contributed by atoms with Gasteiger partial charge in [0.15, 0.2) is 6.04 Å². The maximum atomic E-state index is 11.5. The van der Waals surface area contributed by atoms with Crippen LogP contribution in [-0.4, -0.2) is 36.9 Å². The number of amides is 2. The highest BCUT2D eigenvalue weighted by Gasteiger charge is 2.19. The van der Waals surface area contributed by atoms with E-state index in [0.717, 1.165) is 9.35 Å². The second-order valence-corrected chi connectivity index (χ2v) is 5.32. The molecular weight excluding hydrogens is 324 g/mol. The van der Waals surface area contributed by atoms with Crippen molar-refractivity contribution in [2.75, 3.05) is 13.7 Å². The summed E-state index contributed by atoms with van der Waals surface area (Å²) < 4.78 is 5.66. The summed E-state index contributed by atoms with van der Waals surface area (Å²) in [6.45, 7) is 0.273. The molecule has 1 heterocycles. The lowest BCUT2D eigenvalue weighted by molar-refractivity contribution is -0.140. The Labute approximate surface area is 116 Å². The first-order chi connectivity index (χ1) is 8.52. The third-order valence-corrected chi connectivity index (χ3v) is 3.68. The van der Waals surface area contributed by atoms with Gasteiger partial charge in [-0.05, 0) is 22.0 Å². The van der Waals surface area contributed by atoms with Crippen molar-refractivity contribution in [3.05, 3.63) is 20.8 Å². The SMILES string of the molecule is COCC(NC(=O)NCc1cc(Br)cs1)C(=O)O. The number of methoxy groups -OCH3 is 1. The van der Waals surface area contributed by atoms with Crippen LogP contribution in [0.4, 0.5) is 4.79 Å². The summed E-state index contributed by atoms with van der Waals surface area (Å²) in [5.74, 6) is -1.13. The van der Waals surface area contributed by atoms with E-state index in [0.29, 0.717) is 6.54 Å². The third-order valence-electron chi connectivity index (χ3n) is 1.98. The monoisotopic (exact) mass is 336 g/mol. The molecule has 0 aliphatic carbocycles. The number of carbonyl (C=O) groups is 2. The highest BCUT2D eigenvalue weighted by atomic mass is 79.9. The van der Waals surface area contributed by atoms with E-state index < -0.39 is 18.0 Å². The molecule has 8 heteroatoms. The largest absolute Gasteiger partial charge is 0.480 e. The third kappa shape index (κ3) is 5.03. The van der Waals surface area contributed by atoms with Crippen molar-refractivity contribution < 1.29 is 19.4 Å². The van der Waals surface area contributed by atoms with Crippen molar-refractivity contribution >= 4 is 39.3 Å². The van der Waals surface area contributed by atoms with E-state index in [9.17, 15) is 9.59 Å². The van der Waals surface area contributed by atoms with Gasteiger partial charge in [0.1, 0.15) is 0 Å². The fourth-order valence-corrected chi connectivity index (χ4v) is 2.56. The van der Waals surface area contributed by atoms with Crippen LogP contribution < -0.4 is 10.6 Å². The van der Waals surface area contributed by atoms with Crippen LogP contribution >= 0.6 is 27.3 Å². The molecule has 0 bridgehead atoms. The highest BCUT2D eigenvalue weighted by molar-refractivity contribution is 9.10. The van der Waals surface area contributed by atoms with E-state index in [2.05, 4.69) is 26.6 Å². The van der Waals surface area contributed by atoms with Gasteiger partial charge in [0.05, 0.1) is 13.2 Å². The number of urea groups is 1. The summed E-state index contributed by atoms with van der Waals surface area (Å²) in [5.41, 5.74) is 0. The zero-order valence-corrected chi connectivity index (χ0v) is 12.0. The standard InChI is InChI=1S/C10H13BrN2O4S/c1-17-4-8(9(14)15)13-10(16)12-3-7-2-6(11)5-18-7/h2,5,8H,3-4H2,1H3,(H,14,15)(H2,12,13,16). The van der Waals surface area contributed by atoms with E-state index >= 15 is 0 Å². The van der Waals surface area contributed by atoms with Gasteiger partial charge >= 0.3 is 12.0 Å². The van der Waals surface area contributed by atoms with Crippen molar-refractivity contribution in [1.82, 2.24) is 10.6 Å². The lowest BCUT2D eigenvalue weighted by Crippen LogP contribution is -2.47. The first-order valence-electron chi connectivity index (χ1n) is 5.02. The van der Waals surface area contributed by atoms with Gasteiger partial charge in [-0.25, -0.2) is 9.59 Å². The lowest BCUT2D eigenvalue weighted by Gasteiger charge is -2.13. The molecule has 0 saturated carbocycles. The van der Waals surface area contributed by atoms with Gasteiger partial charge in [-0.3, -0.25) is 0 Å². The Bertz CT molecular complexity index is 424. The zero-order valence-electron chi connectivity index (χ0n) is 9.60. The molecule has 1 aromatic rings.